The highest BCUT2D eigenvalue weighted by Crippen LogP contribution is 2.05. The highest BCUT2D eigenvalue weighted by Gasteiger charge is 2.14. The Morgan fingerprint density at radius 3 is 2.15 bits per heavy atom. The maximum atomic E-state index is 9.36. The van der Waals surface area contributed by atoms with Crippen LogP contribution in [-0.2, 0) is 6.42 Å². The zero-order valence-corrected chi connectivity index (χ0v) is 7.30. The van der Waals surface area contributed by atoms with Gasteiger partial charge in [0.2, 0.25) is 0 Å². The van der Waals surface area contributed by atoms with Gasteiger partial charge in [-0.3, -0.25) is 0 Å². The van der Waals surface area contributed by atoms with E-state index in [-0.39, 0.29) is 0 Å². The van der Waals surface area contributed by atoms with Crippen LogP contribution in [0.4, 0.5) is 0 Å². The molecule has 0 spiro atoms. The van der Waals surface area contributed by atoms with Crippen molar-refractivity contribution in [2.45, 2.75) is 18.6 Å². The third-order valence-electron chi connectivity index (χ3n) is 1.92. The Bertz CT molecular complexity index is 235. The summed E-state index contributed by atoms with van der Waals surface area (Å²) < 4.78 is 0. The van der Waals surface area contributed by atoms with E-state index < -0.39 is 18.8 Å². The third kappa shape index (κ3) is 3.14. The number of aliphatic hydroxyl groups is 3. The van der Waals surface area contributed by atoms with E-state index in [0.29, 0.717) is 6.42 Å². The van der Waals surface area contributed by atoms with Crippen LogP contribution in [0, 0.1) is 0 Å². The molecule has 2 unspecified atom stereocenters. The molecule has 0 saturated heterocycles. The van der Waals surface area contributed by atoms with Gasteiger partial charge in [0.05, 0.1) is 12.7 Å². The van der Waals surface area contributed by atoms with Crippen molar-refractivity contribution in [3.8, 4) is 0 Å². The Labute approximate surface area is 77.3 Å². The molecule has 2 atom stereocenters. The first kappa shape index (κ1) is 10.2. The van der Waals surface area contributed by atoms with Crippen molar-refractivity contribution in [3.05, 3.63) is 35.9 Å². The van der Waals surface area contributed by atoms with Crippen LogP contribution >= 0.6 is 0 Å². The molecule has 1 aromatic carbocycles. The predicted molar refractivity (Wildman–Crippen MR) is 49.2 cm³/mol. The molecule has 3 N–H and O–H groups in total. The predicted octanol–water partition coefficient (Wildman–Crippen LogP) is -0.0568. The number of aliphatic hydroxyl groups excluding tert-OH is 3. The van der Waals surface area contributed by atoms with Crippen molar-refractivity contribution in [1.29, 1.82) is 0 Å². The number of rotatable bonds is 4. The van der Waals surface area contributed by atoms with E-state index in [0.717, 1.165) is 5.56 Å². The highest BCUT2D eigenvalue weighted by atomic mass is 16.4. The monoisotopic (exact) mass is 182 g/mol. The molecule has 0 amide bonds. The van der Waals surface area contributed by atoms with E-state index in [1.54, 1.807) is 0 Å². The molecule has 0 saturated carbocycles. The van der Waals surface area contributed by atoms with Crippen LogP contribution in [0.3, 0.4) is 0 Å². The van der Waals surface area contributed by atoms with E-state index >= 15 is 0 Å². The fraction of sp³-hybridized carbons (Fsp3) is 0.400. The van der Waals surface area contributed by atoms with Crippen LogP contribution in [0.1, 0.15) is 5.56 Å². The Hall–Kier alpha value is -0.900. The Morgan fingerprint density at radius 1 is 1.00 bits per heavy atom. The molecule has 13 heavy (non-hydrogen) atoms. The summed E-state index contributed by atoms with van der Waals surface area (Å²) in [6.07, 6.45) is -1.59. The zero-order valence-electron chi connectivity index (χ0n) is 7.30. The number of hydrogen-bond donors (Lipinski definition) is 3. The molecule has 72 valence electrons. The molecule has 0 aliphatic carbocycles. The van der Waals surface area contributed by atoms with Gasteiger partial charge < -0.3 is 15.3 Å². The van der Waals surface area contributed by atoms with E-state index in [4.69, 9.17) is 10.2 Å². The van der Waals surface area contributed by atoms with E-state index in [9.17, 15) is 5.11 Å². The summed E-state index contributed by atoms with van der Waals surface area (Å²) in [5.41, 5.74) is 0.947. The zero-order chi connectivity index (χ0) is 9.68. The first-order valence-corrected chi connectivity index (χ1v) is 4.25. The largest absolute Gasteiger partial charge is 0.394 e. The average molecular weight is 182 g/mol. The normalized spacial score (nSPS) is 15.3. The molecule has 0 bridgehead atoms. The number of benzene rings is 1. The molecular weight excluding hydrogens is 168 g/mol. The van der Waals surface area contributed by atoms with Crippen molar-refractivity contribution in [1.82, 2.24) is 0 Å². The minimum atomic E-state index is -1.06. The fourth-order valence-corrected chi connectivity index (χ4v) is 1.11. The summed E-state index contributed by atoms with van der Waals surface area (Å²) in [6.45, 7) is -0.409. The van der Waals surface area contributed by atoms with Gasteiger partial charge >= 0.3 is 0 Å². The molecule has 3 heteroatoms. The topological polar surface area (TPSA) is 60.7 Å². The molecule has 1 aromatic rings. The molecule has 0 aliphatic rings. The van der Waals surface area contributed by atoms with Gasteiger partial charge in [-0.25, -0.2) is 0 Å². The second kappa shape index (κ2) is 4.97. The van der Waals surface area contributed by atoms with Gasteiger partial charge in [-0.1, -0.05) is 30.3 Å². The van der Waals surface area contributed by atoms with Crippen LogP contribution < -0.4 is 0 Å². The Kier molecular flexibility index (Phi) is 3.89. The molecule has 1 rings (SSSR count). The summed E-state index contributed by atoms with van der Waals surface area (Å²) in [5.74, 6) is 0. The van der Waals surface area contributed by atoms with Crippen LogP contribution in [0.5, 0.6) is 0 Å². The van der Waals surface area contributed by atoms with E-state index in [1.165, 1.54) is 0 Å². The van der Waals surface area contributed by atoms with Crippen molar-refractivity contribution in [2.75, 3.05) is 6.61 Å². The van der Waals surface area contributed by atoms with Crippen molar-refractivity contribution < 1.29 is 15.3 Å². The van der Waals surface area contributed by atoms with Gasteiger partial charge in [-0.2, -0.15) is 0 Å². The van der Waals surface area contributed by atoms with Crippen LogP contribution in [0.15, 0.2) is 30.3 Å². The average Bonchev–Trinajstić information content (AvgIpc) is 2.18. The van der Waals surface area contributed by atoms with Gasteiger partial charge in [-0.15, -0.1) is 0 Å². The molecule has 0 fully saturated rings. The lowest BCUT2D eigenvalue weighted by atomic mass is 10.0. The van der Waals surface area contributed by atoms with Crippen molar-refractivity contribution in [3.63, 3.8) is 0 Å². The first-order valence-electron chi connectivity index (χ1n) is 4.25. The number of hydrogen-bond acceptors (Lipinski definition) is 3. The molecule has 0 heterocycles. The summed E-state index contributed by atoms with van der Waals surface area (Å²) >= 11 is 0. The van der Waals surface area contributed by atoms with Crippen LogP contribution in [-0.4, -0.2) is 34.1 Å². The van der Waals surface area contributed by atoms with Crippen LogP contribution in [0.25, 0.3) is 0 Å². The fourth-order valence-electron chi connectivity index (χ4n) is 1.11. The maximum Gasteiger partial charge on any atom is 0.103 e. The smallest absolute Gasteiger partial charge is 0.103 e. The lowest BCUT2D eigenvalue weighted by molar-refractivity contribution is -0.0132. The summed E-state index contributed by atoms with van der Waals surface area (Å²) in [6, 6.07) is 9.36. The Morgan fingerprint density at radius 2 is 1.62 bits per heavy atom. The summed E-state index contributed by atoms with van der Waals surface area (Å²) in [4.78, 5) is 0. The first-order chi connectivity index (χ1) is 6.24. The van der Waals surface area contributed by atoms with Crippen molar-refractivity contribution in [2.24, 2.45) is 0 Å². The summed E-state index contributed by atoms with van der Waals surface area (Å²) in [7, 11) is 0. The molecule has 0 radical (unpaired) electrons. The van der Waals surface area contributed by atoms with Gasteiger partial charge in [-0.05, 0) is 5.56 Å². The maximum absolute atomic E-state index is 9.36. The quantitative estimate of drug-likeness (QED) is 0.611. The SMILES string of the molecule is OCC(O)C(O)Cc1ccccc1. The lowest BCUT2D eigenvalue weighted by Gasteiger charge is -2.15. The van der Waals surface area contributed by atoms with Crippen LogP contribution in [0.2, 0.25) is 0 Å². The van der Waals surface area contributed by atoms with Gasteiger partial charge in [0.1, 0.15) is 6.10 Å². The van der Waals surface area contributed by atoms with E-state index in [1.807, 2.05) is 30.3 Å². The third-order valence-corrected chi connectivity index (χ3v) is 1.92. The van der Waals surface area contributed by atoms with Gasteiger partial charge in [0, 0.05) is 6.42 Å². The molecule has 3 nitrogen and oxygen atoms in total. The lowest BCUT2D eigenvalue weighted by Crippen LogP contribution is -2.30. The standard InChI is InChI=1S/C10H14O3/c11-7-10(13)9(12)6-8-4-2-1-3-5-8/h1-5,9-13H,6-7H2. The van der Waals surface area contributed by atoms with Crippen molar-refractivity contribution >= 4 is 0 Å². The molecule has 0 aliphatic heterocycles. The minimum absolute atomic E-state index is 0.364. The Balaban J connectivity index is 2.50. The minimum Gasteiger partial charge on any atom is -0.394 e. The van der Waals surface area contributed by atoms with Gasteiger partial charge in [0.15, 0.2) is 0 Å². The highest BCUT2D eigenvalue weighted by molar-refractivity contribution is 5.15. The summed E-state index contributed by atoms with van der Waals surface area (Å²) in [5, 5.41) is 27.0. The molecule has 0 aromatic heterocycles. The van der Waals surface area contributed by atoms with Gasteiger partial charge in [0.25, 0.3) is 0 Å². The molecular formula is C10H14O3. The van der Waals surface area contributed by atoms with E-state index in [2.05, 4.69) is 0 Å². The second-order valence-electron chi connectivity index (χ2n) is 3.01. The second-order valence-corrected chi connectivity index (χ2v) is 3.01.